The second kappa shape index (κ2) is 9.80. The molecule has 0 aliphatic carbocycles. The molecule has 0 atom stereocenters. The van der Waals surface area contributed by atoms with Crippen LogP contribution < -0.4 is 16.4 Å². The number of hydrogen-bond acceptors (Lipinski definition) is 4. The Labute approximate surface area is 190 Å². The smallest absolute Gasteiger partial charge is 0.366 e. The van der Waals surface area contributed by atoms with Gasteiger partial charge >= 0.3 is 12.2 Å². The first-order valence-corrected chi connectivity index (χ1v) is 10.7. The molecule has 1 heterocycles. The third-order valence-electron chi connectivity index (χ3n) is 6.02. The van der Waals surface area contributed by atoms with Gasteiger partial charge in [0.25, 0.3) is 0 Å². The summed E-state index contributed by atoms with van der Waals surface area (Å²) >= 11 is 0. The van der Waals surface area contributed by atoms with Crippen LogP contribution >= 0.6 is 0 Å². The molecule has 1 fully saturated rings. The molecule has 33 heavy (non-hydrogen) atoms. The molecule has 3 rings (SSSR count). The first kappa shape index (κ1) is 24.5. The second-order valence-corrected chi connectivity index (χ2v) is 8.00. The normalized spacial score (nSPS) is 15.4. The maximum atomic E-state index is 14.0. The van der Waals surface area contributed by atoms with Crippen LogP contribution in [0.15, 0.2) is 36.4 Å². The van der Waals surface area contributed by atoms with Crippen molar-refractivity contribution in [2.45, 2.75) is 26.6 Å². The number of halogens is 3. The summed E-state index contributed by atoms with van der Waals surface area (Å²) in [4.78, 5) is 29.5. The summed E-state index contributed by atoms with van der Waals surface area (Å²) in [5.41, 5.74) is 11.0. The lowest BCUT2D eigenvalue weighted by molar-refractivity contribution is -0.138. The molecule has 0 spiro atoms. The fraction of sp³-hybridized carbons (Fsp3) is 0.391. The molecule has 0 saturated carbocycles. The number of anilines is 2. The third kappa shape index (κ3) is 5.28. The number of likely N-dealkylation sites (N-methyl/N-ethyl adjacent to an activating group) is 1. The molecule has 0 bridgehead atoms. The Kier molecular flexibility index (Phi) is 7.28. The first-order valence-electron chi connectivity index (χ1n) is 10.7. The second-order valence-electron chi connectivity index (χ2n) is 8.00. The Morgan fingerprint density at radius 3 is 2.09 bits per heavy atom. The number of hydrogen-bond donors (Lipinski definition) is 2. The predicted octanol–water partition coefficient (Wildman–Crippen LogP) is 3.47. The largest absolute Gasteiger partial charge is 0.416 e. The minimum atomic E-state index is -4.62. The van der Waals surface area contributed by atoms with E-state index < -0.39 is 23.7 Å². The number of nitrogens with two attached hydrogens (primary N) is 2. The van der Waals surface area contributed by atoms with Crippen LogP contribution in [0.3, 0.4) is 0 Å². The third-order valence-corrected chi connectivity index (χ3v) is 6.02. The van der Waals surface area contributed by atoms with Gasteiger partial charge in [-0.15, -0.1) is 0 Å². The van der Waals surface area contributed by atoms with Crippen molar-refractivity contribution >= 4 is 23.3 Å². The van der Waals surface area contributed by atoms with E-state index in [1.54, 1.807) is 6.92 Å². The number of carbonyl (C=O) groups excluding carboxylic acids is 2. The lowest BCUT2D eigenvalue weighted by atomic mass is 10.0. The van der Waals surface area contributed by atoms with E-state index in [9.17, 15) is 22.8 Å². The maximum Gasteiger partial charge on any atom is 0.416 e. The molecular formula is C23H28F3N5O2. The summed E-state index contributed by atoms with van der Waals surface area (Å²) in [7, 11) is 0. The van der Waals surface area contributed by atoms with Crippen molar-refractivity contribution in [3.05, 3.63) is 58.7 Å². The Hall–Kier alpha value is -3.11. The summed E-state index contributed by atoms with van der Waals surface area (Å²) < 4.78 is 42.0. The van der Waals surface area contributed by atoms with E-state index in [2.05, 4.69) is 4.90 Å². The molecular weight excluding hydrogens is 435 g/mol. The number of primary amides is 2. The van der Waals surface area contributed by atoms with Crippen LogP contribution in [-0.4, -0.2) is 54.5 Å². The Bertz CT molecular complexity index is 1030. The van der Waals surface area contributed by atoms with Gasteiger partial charge in [-0.25, -0.2) is 4.79 Å². The molecule has 1 aliphatic rings. The van der Waals surface area contributed by atoms with Crippen LogP contribution in [-0.2, 0) is 12.7 Å². The zero-order valence-electron chi connectivity index (χ0n) is 18.7. The van der Waals surface area contributed by atoms with Gasteiger partial charge in [0.2, 0.25) is 5.91 Å². The molecule has 10 heteroatoms. The van der Waals surface area contributed by atoms with Gasteiger partial charge in [0.15, 0.2) is 0 Å². The number of carbonyl (C=O) groups is 2. The van der Waals surface area contributed by atoms with Crippen LogP contribution in [0.1, 0.15) is 34.0 Å². The van der Waals surface area contributed by atoms with E-state index in [1.165, 1.54) is 30.3 Å². The van der Waals surface area contributed by atoms with Crippen LogP contribution in [0.25, 0.3) is 0 Å². The van der Waals surface area contributed by atoms with E-state index in [-0.39, 0.29) is 29.0 Å². The van der Waals surface area contributed by atoms with Crippen molar-refractivity contribution in [1.29, 1.82) is 0 Å². The molecule has 4 N–H and O–H groups in total. The fourth-order valence-electron chi connectivity index (χ4n) is 4.20. The predicted molar refractivity (Wildman–Crippen MR) is 120 cm³/mol. The topological polar surface area (TPSA) is 95.9 Å². The van der Waals surface area contributed by atoms with E-state index >= 15 is 0 Å². The summed E-state index contributed by atoms with van der Waals surface area (Å²) in [6.07, 6.45) is -4.62. The van der Waals surface area contributed by atoms with E-state index in [0.29, 0.717) is 18.7 Å². The van der Waals surface area contributed by atoms with Gasteiger partial charge in [0.05, 0.1) is 16.9 Å². The molecule has 3 amide bonds. The quantitative estimate of drug-likeness (QED) is 0.686. The van der Waals surface area contributed by atoms with Gasteiger partial charge in [-0.2, -0.15) is 13.2 Å². The molecule has 178 valence electrons. The highest BCUT2D eigenvalue weighted by molar-refractivity contribution is 6.03. The maximum absolute atomic E-state index is 14.0. The van der Waals surface area contributed by atoms with Gasteiger partial charge in [0.1, 0.15) is 0 Å². The average molecular weight is 464 g/mol. The fourth-order valence-corrected chi connectivity index (χ4v) is 4.20. The van der Waals surface area contributed by atoms with E-state index in [1.807, 2.05) is 11.8 Å². The molecule has 7 nitrogen and oxygen atoms in total. The van der Waals surface area contributed by atoms with E-state index in [4.69, 9.17) is 11.5 Å². The molecule has 1 saturated heterocycles. The summed E-state index contributed by atoms with van der Waals surface area (Å²) in [6, 6.07) is 7.25. The summed E-state index contributed by atoms with van der Waals surface area (Å²) in [6.45, 7) is 7.20. The molecule has 1 aliphatic heterocycles. The number of nitrogens with zero attached hydrogens (tertiary/aromatic N) is 3. The van der Waals surface area contributed by atoms with Crippen LogP contribution in [0, 0.1) is 6.92 Å². The molecule has 0 aromatic heterocycles. The van der Waals surface area contributed by atoms with Crippen molar-refractivity contribution in [2.75, 3.05) is 37.6 Å². The lowest BCUT2D eigenvalue weighted by Gasteiger charge is -2.35. The average Bonchev–Trinajstić information content (AvgIpc) is 2.75. The molecule has 0 radical (unpaired) electrons. The van der Waals surface area contributed by atoms with Gasteiger partial charge in [0, 0.05) is 43.9 Å². The van der Waals surface area contributed by atoms with Gasteiger partial charge in [-0.1, -0.05) is 19.1 Å². The van der Waals surface area contributed by atoms with Crippen molar-refractivity contribution in [1.82, 2.24) is 9.80 Å². The number of benzene rings is 2. The van der Waals surface area contributed by atoms with Gasteiger partial charge < -0.3 is 16.4 Å². The Balaban J connectivity index is 2.13. The lowest BCUT2D eigenvalue weighted by Crippen LogP contribution is -2.46. The molecule has 2 aromatic rings. The van der Waals surface area contributed by atoms with Gasteiger partial charge in [-0.05, 0) is 43.3 Å². The highest BCUT2D eigenvalue weighted by Crippen LogP contribution is 2.40. The van der Waals surface area contributed by atoms with Crippen molar-refractivity contribution < 1.29 is 22.8 Å². The van der Waals surface area contributed by atoms with Crippen molar-refractivity contribution in [3.8, 4) is 0 Å². The van der Waals surface area contributed by atoms with Crippen LogP contribution in [0.5, 0.6) is 0 Å². The standard InChI is InChI=1S/C23H28F3N5O2/c1-3-29-10-12-30(13-11-29)14-17-18(23(24,25)26)7-5-9-20(17)31(22(28)33)19-8-4-6-16(15(19)2)21(27)32/h4-9H,3,10-14H2,1-2H3,(H2,27,32)(H2,28,33). The highest BCUT2D eigenvalue weighted by Gasteiger charge is 2.36. The first-order chi connectivity index (χ1) is 15.5. The number of piperazine rings is 1. The SMILES string of the molecule is CCN1CCN(Cc2c(N(C(N)=O)c3cccc(C(N)=O)c3C)cccc2C(F)(F)F)CC1. The van der Waals surface area contributed by atoms with E-state index in [0.717, 1.165) is 30.6 Å². The Morgan fingerprint density at radius 1 is 0.970 bits per heavy atom. The number of rotatable bonds is 6. The molecule has 2 aromatic carbocycles. The van der Waals surface area contributed by atoms with Crippen molar-refractivity contribution in [3.63, 3.8) is 0 Å². The van der Waals surface area contributed by atoms with Crippen LogP contribution in [0.4, 0.5) is 29.3 Å². The number of alkyl halides is 3. The monoisotopic (exact) mass is 463 g/mol. The minimum Gasteiger partial charge on any atom is -0.366 e. The number of amides is 3. The Morgan fingerprint density at radius 2 is 1.55 bits per heavy atom. The summed E-state index contributed by atoms with van der Waals surface area (Å²) in [5, 5.41) is 0. The van der Waals surface area contributed by atoms with Gasteiger partial charge in [-0.3, -0.25) is 14.6 Å². The number of urea groups is 1. The summed E-state index contributed by atoms with van der Waals surface area (Å²) in [5.74, 6) is -0.711. The van der Waals surface area contributed by atoms with Crippen molar-refractivity contribution in [2.24, 2.45) is 11.5 Å². The zero-order valence-corrected chi connectivity index (χ0v) is 18.7. The zero-order chi connectivity index (χ0) is 24.3. The molecule has 0 unspecified atom stereocenters. The minimum absolute atomic E-state index is 0.000902. The highest BCUT2D eigenvalue weighted by atomic mass is 19.4. The van der Waals surface area contributed by atoms with Crippen LogP contribution in [0.2, 0.25) is 0 Å².